The van der Waals surface area contributed by atoms with Gasteiger partial charge in [-0.05, 0) is 6.42 Å². The van der Waals surface area contributed by atoms with Gasteiger partial charge in [-0.15, -0.1) is 0 Å². The number of H-pyrrole nitrogens is 1. The van der Waals surface area contributed by atoms with Crippen LogP contribution in [-0.4, -0.2) is 15.8 Å². The van der Waals surface area contributed by atoms with E-state index in [9.17, 15) is 4.79 Å². The maximum absolute atomic E-state index is 11.5. The summed E-state index contributed by atoms with van der Waals surface area (Å²) >= 11 is 0. The first-order chi connectivity index (χ1) is 7.34. The molecule has 0 saturated carbocycles. The summed E-state index contributed by atoms with van der Waals surface area (Å²) in [4.78, 5) is 18.3. The van der Waals surface area contributed by atoms with Gasteiger partial charge in [0.1, 0.15) is 0 Å². The van der Waals surface area contributed by atoms with Crippen LogP contribution in [0.5, 0.6) is 0 Å². The van der Waals surface area contributed by atoms with E-state index in [2.05, 4.69) is 16.9 Å². The summed E-state index contributed by atoms with van der Waals surface area (Å²) in [5, 5.41) is 0. The molecule has 0 atom stereocenters. The molecular weight excluding hydrogens is 188 g/mol. The molecule has 3 nitrogen and oxygen atoms in total. The normalized spacial score (nSPS) is 10.5. The summed E-state index contributed by atoms with van der Waals surface area (Å²) in [7, 11) is 0. The third-order valence-corrected chi connectivity index (χ3v) is 2.52. The van der Waals surface area contributed by atoms with Gasteiger partial charge < -0.3 is 4.98 Å². The molecule has 0 spiro atoms. The summed E-state index contributed by atoms with van der Waals surface area (Å²) in [5.74, 6) is 0.638. The number of hydrogen-bond donors (Lipinski definition) is 1. The van der Waals surface area contributed by atoms with Crippen LogP contribution in [0.1, 0.15) is 62.5 Å². The highest BCUT2D eigenvalue weighted by Gasteiger charge is 2.06. The molecule has 1 rings (SSSR count). The molecule has 0 unspecified atom stereocenters. The zero-order valence-corrected chi connectivity index (χ0v) is 9.46. The van der Waals surface area contributed by atoms with Crippen molar-refractivity contribution in [2.75, 3.05) is 0 Å². The van der Waals surface area contributed by atoms with E-state index in [0.29, 0.717) is 12.2 Å². The monoisotopic (exact) mass is 208 g/mol. The average molecular weight is 208 g/mol. The van der Waals surface area contributed by atoms with E-state index in [-0.39, 0.29) is 5.78 Å². The average Bonchev–Trinajstić information content (AvgIpc) is 2.76. The first-order valence-electron chi connectivity index (χ1n) is 5.87. The topological polar surface area (TPSA) is 45.8 Å². The van der Waals surface area contributed by atoms with Gasteiger partial charge in [0, 0.05) is 18.8 Å². The molecule has 0 radical (unpaired) electrons. The quantitative estimate of drug-likeness (QED) is 0.526. The van der Waals surface area contributed by atoms with Crippen molar-refractivity contribution in [3.8, 4) is 0 Å². The van der Waals surface area contributed by atoms with Crippen molar-refractivity contribution < 1.29 is 4.79 Å². The van der Waals surface area contributed by atoms with Gasteiger partial charge in [0.05, 0.1) is 0 Å². The molecule has 0 aliphatic rings. The third kappa shape index (κ3) is 4.77. The van der Waals surface area contributed by atoms with Crippen LogP contribution in [0.4, 0.5) is 0 Å². The van der Waals surface area contributed by atoms with Crippen LogP contribution in [0.25, 0.3) is 0 Å². The fourth-order valence-corrected chi connectivity index (χ4v) is 1.60. The van der Waals surface area contributed by atoms with E-state index >= 15 is 0 Å². The minimum atomic E-state index is 0.135. The highest BCUT2D eigenvalue weighted by atomic mass is 16.1. The number of aromatic amines is 1. The molecule has 1 aromatic rings. The third-order valence-electron chi connectivity index (χ3n) is 2.52. The molecule has 0 fully saturated rings. The van der Waals surface area contributed by atoms with E-state index in [1.165, 1.54) is 25.7 Å². The van der Waals surface area contributed by atoms with Crippen molar-refractivity contribution in [1.82, 2.24) is 9.97 Å². The maximum Gasteiger partial charge on any atom is 0.198 e. The number of nitrogens with zero attached hydrogens (tertiary/aromatic N) is 1. The van der Waals surface area contributed by atoms with Crippen molar-refractivity contribution in [2.45, 2.75) is 51.9 Å². The Balaban J connectivity index is 2.03. The number of Topliss-reactive ketones (excluding diaryl/α,β-unsaturated/α-hetero) is 1. The van der Waals surface area contributed by atoms with Crippen LogP contribution in [0, 0.1) is 0 Å². The number of carbonyl (C=O) groups excluding carboxylic acids is 1. The molecule has 0 aliphatic carbocycles. The summed E-state index contributed by atoms with van der Waals surface area (Å²) < 4.78 is 0. The fraction of sp³-hybridized carbons (Fsp3) is 0.667. The maximum atomic E-state index is 11.5. The molecule has 1 aromatic heterocycles. The predicted octanol–water partition coefficient (Wildman–Crippen LogP) is 3.34. The molecule has 15 heavy (non-hydrogen) atoms. The Morgan fingerprint density at radius 2 is 2.00 bits per heavy atom. The number of ketones is 1. The number of carbonyl (C=O) groups is 1. The van der Waals surface area contributed by atoms with Crippen LogP contribution >= 0.6 is 0 Å². The molecule has 1 N–H and O–H groups in total. The van der Waals surface area contributed by atoms with Gasteiger partial charge in [-0.1, -0.05) is 39.0 Å². The number of unbranched alkanes of at least 4 members (excludes halogenated alkanes) is 5. The van der Waals surface area contributed by atoms with Crippen molar-refractivity contribution >= 4 is 5.78 Å². The van der Waals surface area contributed by atoms with E-state index in [1.807, 2.05) is 0 Å². The first-order valence-corrected chi connectivity index (χ1v) is 5.87. The lowest BCUT2D eigenvalue weighted by molar-refractivity contribution is 0.0970. The number of nitrogens with one attached hydrogen (secondary N) is 1. The van der Waals surface area contributed by atoms with Crippen molar-refractivity contribution in [2.24, 2.45) is 0 Å². The summed E-state index contributed by atoms with van der Waals surface area (Å²) in [5.41, 5.74) is 0. The number of rotatable bonds is 8. The van der Waals surface area contributed by atoms with Crippen LogP contribution < -0.4 is 0 Å². The second-order valence-electron chi connectivity index (χ2n) is 3.88. The van der Waals surface area contributed by atoms with Gasteiger partial charge in [0.15, 0.2) is 11.6 Å². The van der Waals surface area contributed by atoms with Crippen LogP contribution in [0.15, 0.2) is 12.4 Å². The molecule has 0 aliphatic heterocycles. The van der Waals surface area contributed by atoms with Crippen molar-refractivity contribution in [3.05, 3.63) is 18.2 Å². The molecule has 3 heteroatoms. The minimum Gasteiger partial charge on any atom is -0.342 e. The molecule has 1 heterocycles. The molecule has 0 saturated heterocycles. The second-order valence-corrected chi connectivity index (χ2v) is 3.88. The summed E-state index contributed by atoms with van der Waals surface area (Å²) in [6.07, 6.45) is 11.2. The number of imidazole rings is 1. The van der Waals surface area contributed by atoms with Crippen molar-refractivity contribution in [1.29, 1.82) is 0 Å². The Kier molecular flexibility index (Phi) is 5.74. The standard InChI is InChI=1S/C12H20N2O/c1-2-3-4-5-6-7-8-11(15)12-13-9-10-14-12/h9-10H,2-8H2,1H3,(H,13,14). The van der Waals surface area contributed by atoms with E-state index < -0.39 is 0 Å². The van der Waals surface area contributed by atoms with Gasteiger partial charge in [0.25, 0.3) is 0 Å². The Labute approximate surface area is 91.3 Å². The molecule has 0 bridgehead atoms. The Hall–Kier alpha value is -1.12. The Morgan fingerprint density at radius 1 is 1.27 bits per heavy atom. The molecule has 84 valence electrons. The lowest BCUT2D eigenvalue weighted by Gasteiger charge is -1.99. The van der Waals surface area contributed by atoms with Crippen molar-refractivity contribution in [3.63, 3.8) is 0 Å². The lowest BCUT2D eigenvalue weighted by Crippen LogP contribution is -2.01. The second kappa shape index (κ2) is 7.21. The highest BCUT2D eigenvalue weighted by molar-refractivity contribution is 5.92. The zero-order valence-electron chi connectivity index (χ0n) is 9.46. The summed E-state index contributed by atoms with van der Waals surface area (Å²) in [6.45, 7) is 2.21. The van der Waals surface area contributed by atoms with Gasteiger partial charge in [-0.25, -0.2) is 4.98 Å². The van der Waals surface area contributed by atoms with Crippen LogP contribution in [0.2, 0.25) is 0 Å². The molecular formula is C12H20N2O. The number of hydrogen-bond acceptors (Lipinski definition) is 2. The lowest BCUT2D eigenvalue weighted by atomic mass is 10.1. The molecule has 0 aromatic carbocycles. The van der Waals surface area contributed by atoms with Gasteiger partial charge in [-0.3, -0.25) is 4.79 Å². The highest BCUT2D eigenvalue weighted by Crippen LogP contribution is 2.08. The smallest absolute Gasteiger partial charge is 0.198 e. The van der Waals surface area contributed by atoms with E-state index in [4.69, 9.17) is 0 Å². The minimum absolute atomic E-state index is 0.135. The predicted molar refractivity (Wildman–Crippen MR) is 60.9 cm³/mol. The zero-order chi connectivity index (χ0) is 10.9. The van der Waals surface area contributed by atoms with Gasteiger partial charge in [0.2, 0.25) is 0 Å². The summed E-state index contributed by atoms with van der Waals surface area (Å²) in [6, 6.07) is 0. The number of aromatic nitrogens is 2. The van der Waals surface area contributed by atoms with Crippen LogP contribution in [0.3, 0.4) is 0 Å². The SMILES string of the molecule is CCCCCCCCC(=O)c1ncc[nH]1. The molecule has 0 amide bonds. The van der Waals surface area contributed by atoms with Crippen LogP contribution in [-0.2, 0) is 0 Å². The first kappa shape index (κ1) is 12.0. The largest absolute Gasteiger partial charge is 0.342 e. The van der Waals surface area contributed by atoms with E-state index in [0.717, 1.165) is 12.8 Å². The fourth-order valence-electron chi connectivity index (χ4n) is 1.60. The Bertz CT molecular complexity index is 267. The van der Waals surface area contributed by atoms with Gasteiger partial charge in [-0.2, -0.15) is 0 Å². The Morgan fingerprint density at radius 3 is 2.67 bits per heavy atom. The van der Waals surface area contributed by atoms with Gasteiger partial charge >= 0.3 is 0 Å². The van der Waals surface area contributed by atoms with E-state index in [1.54, 1.807) is 12.4 Å².